The summed E-state index contributed by atoms with van der Waals surface area (Å²) >= 11 is 0. The van der Waals surface area contributed by atoms with Crippen LogP contribution in [0.4, 0.5) is 0 Å². The van der Waals surface area contributed by atoms with Crippen molar-refractivity contribution < 1.29 is 109 Å². The largest absolute Gasteiger partial charge is 0.394 e. The van der Waals surface area contributed by atoms with Crippen molar-refractivity contribution in [2.75, 3.05) is 33.0 Å². The zero-order valence-corrected chi connectivity index (χ0v) is 41.5. The molecule has 0 aromatic heterocycles. The highest BCUT2D eigenvalue weighted by atomic mass is 16.8. The van der Waals surface area contributed by atoms with E-state index < -0.39 is 155 Å². The van der Waals surface area contributed by atoms with E-state index in [1.165, 1.54) is 5.57 Å². The van der Waals surface area contributed by atoms with Crippen LogP contribution < -0.4 is 0 Å². The van der Waals surface area contributed by atoms with Crippen molar-refractivity contribution in [2.45, 2.75) is 220 Å². The molecule has 9 fully saturated rings. The Hall–Kier alpha value is -1.14. The van der Waals surface area contributed by atoms with E-state index in [0.717, 1.165) is 51.6 Å². The van der Waals surface area contributed by atoms with Gasteiger partial charge in [-0.05, 0) is 91.8 Å². The molecular weight excluding hydrogens is 953 g/mol. The Balaban J connectivity index is 0.826. The van der Waals surface area contributed by atoms with Crippen LogP contribution in [0.5, 0.6) is 0 Å². The van der Waals surface area contributed by atoms with Crippen LogP contribution in [0.2, 0.25) is 0 Å². The van der Waals surface area contributed by atoms with E-state index in [9.17, 15) is 61.3 Å². The second-order valence-corrected chi connectivity index (χ2v) is 23.5. The predicted molar refractivity (Wildman–Crippen MR) is 242 cm³/mol. The number of allylic oxidation sites excluding steroid dienone is 1. The lowest BCUT2D eigenvalue weighted by molar-refractivity contribution is -0.403. The summed E-state index contributed by atoms with van der Waals surface area (Å²) in [4.78, 5) is 0. The van der Waals surface area contributed by atoms with Gasteiger partial charge in [0, 0.05) is 12.3 Å². The molecule has 0 aromatic rings. The summed E-state index contributed by atoms with van der Waals surface area (Å²) in [6.45, 7) is 7.28. The number of hydrogen-bond acceptors (Lipinski definition) is 22. The lowest BCUT2D eigenvalue weighted by Gasteiger charge is -2.58. The maximum Gasteiger partial charge on any atom is 0.187 e. The maximum absolute atomic E-state index is 11.8. The summed E-state index contributed by atoms with van der Waals surface area (Å²) in [5, 5.41) is 129. The van der Waals surface area contributed by atoms with Crippen molar-refractivity contribution in [1.29, 1.82) is 0 Å². The minimum Gasteiger partial charge on any atom is -0.394 e. The van der Waals surface area contributed by atoms with Crippen molar-refractivity contribution in [3.8, 4) is 0 Å². The van der Waals surface area contributed by atoms with Gasteiger partial charge in [-0.1, -0.05) is 39.3 Å². The first kappa shape index (κ1) is 54.2. The quantitative estimate of drug-likeness (QED) is 0.0964. The van der Waals surface area contributed by atoms with Crippen LogP contribution in [-0.4, -0.2) is 229 Å². The Morgan fingerprint density at radius 2 is 1.24 bits per heavy atom. The summed E-state index contributed by atoms with van der Waals surface area (Å²) in [7, 11) is 0. The Bertz CT molecular complexity index is 1890. The van der Waals surface area contributed by atoms with E-state index in [0.29, 0.717) is 48.3 Å². The smallest absolute Gasteiger partial charge is 0.187 e. The fourth-order valence-electron chi connectivity index (χ4n) is 15.3. The Kier molecular flexibility index (Phi) is 15.7. The molecule has 1 spiro atoms. The monoisotopic (exact) mass is 1030 g/mol. The molecule has 12 N–H and O–H groups in total. The molecule has 72 heavy (non-hydrogen) atoms. The van der Waals surface area contributed by atoms with Crippen LogP contribution >= 0.6 is 0 Å². The molecule has 10 aliphatic rings. The average molecular weight is 1030 g/mol. The Morgan fingerprint density at radius 1 is 0.597 bits per heavy atom. The van der Waals surface area contributed by atoms with Crippen LogP contribution in [-0.2, 0) is 47.4 Å². The van der Waals surface area contributed by atoms with E-state index >= 15 is 0 Å². The van der Waals surface area contributed by atoms with E-state index in [2.05, 4.69) is 33.8 Å². The molecule has 0 amide bonds. The standard InChI is InChI=1S/C50H80O22/c1-20-7-12-50(64-18-20)21(2)32-28(72-50)14-26-24-6-5-22-13-23(8-10-48(22,3)25(24)9-11-49(26,32)4)65-45-40(62)37(59)41(31(17-53)68-45)69-47-43(71-46-39(61)36(58)34(56)29(15-51)66-46)42(35(57)30(16-52)67-47)70-44-38(60)33(55)27(54)19-63-44/h5,20-21,23-47,51-62H,6-19H2,1-4H3/t20?,21?,23?,24-,25+,26+,27?,28?,29?,30?,31?,32?,33?,34?,35?,36?,37?,38?,39?,40?,41?,42?,43?,44?,45?,46?,47?,48?,49?,50-/m1/s1. The minimum absolute atomic E-state index is 0.0473. The highest BCUT2D eigenvalue weighted by Crippen LogP contribution is 2.70. The second kappa shape index (κ2) is 20.9. The van der Waals surface area contributed by atoms with Crippen molar-refractivity contribution in [3.63, 3.8) is 0 Å². The molecule has 412 valence electrons. The molecule has 10 rings (SSSR count). The average Bonchev–Trinajstić information content (AvgIpc) is 3.82. The molecule has 30 atom stereocenters. The summed E-state index contributed by atoms with van der Waals surface area (Å²) < 4.78 is 61.3. The van der Waals surface area contributed by atoms with Crippen LogP contribution in [0.25, 0.3) is 0 Å². The Labute approximate surface area is 419 Å². The van der Waals surface area contributed by atoms with Gasteiger partial charge in [0.15, 0.2) is 30.9 Å². The minimum atomic E-state index is -2.00. The molecule has 0 bridgehead atoms. The van der Waals surface area contributed by atoms with Gasteiger partial charge in [0.05, 0.1) is 45.2 Å². The third-order valence-corrected chi connectivity index (χ3v) is 19.4. The predicted octanol–water partition coefficient (Wildman–Crippen LogP) is -2.35. The number of aliphatic hydroxyl groups is 12. The van der Waals surface area contributed by atoms with Crippen molar-refractivity contribution in [2.24, 2.45) is 46.3 Å². The van der Waals surface area contributed by atoms with Gasteiger partial charge in [0.25, 0.3) is 0 Å². The van der Waals surface area contributed by atoms with Gasteiger partial charge in [-0.15, -0.1) is 0 Å². The molecule has 6 heterocycles. The van der Waals surface area contributed by atoms with Gasteiger partial charge < -0.3 is 109 Å². The number of rotatable bonds is 11. The molecule has 6 saturated heterocycles. The number of hydrogen-bond donors (Lipinski definition) is 12. The summed E-state index contributed by atoms with van der Waals surface area (Å²) in [6, 6.07) is 0. The summed E-state index contributed by atoms with van der Waals surface area (Å²) in [5.41, 5.74) is 1.44. The van der Waals surface area contributed by atoms with Crippen LogP contribution in [0.3, 0.4) is 0 Å². The normalized spacial score (nSPS) is 56.7. The maximum atomic E-state index is 11.8. The fourth-order valence-corrected chi connectivity index (χ4v) is 15.3. The number of fused-ring (bicyclic) bond motifs is 7. The van der Waals surface area contributed by atoms with E-state index in [4.69, 9.17) is 47.4 Å². The summed E-state index contributed by atoms with van der Waals surface area (Å²) in [5.74, 6) is 2.46. The highest BCUT2D eigenvalue weighted by molar-refractivity contribution is 5.26. The van der Waals surface area contributed by atoms with Gasteiger partial charge in [-0.25, -0.2) is 0 Å². The summed E-state index contributed by atoms with van der Waals surface area (Å²) in [6.07, 6.45) is -22.3. The van der Waals surface area contributed by atoms with Gasteiger partial charge in [0.2, 0.25) is 0 Å². The first-order chi connectivity index (χ1) is 34.3. The third-order valence-electron chi connectivity index (χ3n) is 19.4. The van der Waals surface area contributed by atoms with Crippen molar-refractivity contribution in [3.05, 3.63) is 11.6 Å². The molecule has 26 unspecified atom stereocenters. The first-order valence-electron chi connectivity index (χ1n) is 26.4. The first-order valence-corrected chi connectivity index (χ1v) is 26.4. The fraction of sp³-hybridized carbons (Fsp3) is 0.960. The van der Waals surface area contributed by atoms with Gasteiger partial charge in [0.1, 0.15) is 91.6 Å². The molecule has 22 heteroatoms. The van der Waals surface area contributed by atoms with Gasteiger partial charge in [-0.3, -0.25) is 0 Å². The SMILES string of the molecule is CC1CC[C@@]2(OC1)OC1C[C@H]3[C@@H]4CC=C5CC(OC6OC(CO)C(OC7OC(CO)C(O)C(OC8OCC(O)C(O)C8O)C7OC7OC(CO)C(O)C(O)C7O)C(O)C6O)CCC5(C)[C@H]4CCC3(C)C1C2C. The zero-order valence-electron chi connectivity index (χ0n) is 41.5. The molecule has 6 aliphatic heterocycles. The van der Waals surface area contributed by atoms with Crippen LogP contribution in [0.15, 0.2) is 11.6 Å². The molecule has 22 nitrogen and oxygen atoms in total. The Morgan fingerprint density at radius 3 is 1.94 bits per heavy atom. The highest BCUT2D eigenvalue weighted by Gasteiger charge is 2.69. The van der Waals surface area contributed by atoms with Crippen molar-refractivity contribution >= 4 is 0 Å². The number of ether oxygens (including phenoxy) is 10. The zero-order chi connectivity index (χ0) is 51.3. The molecule has 0 aromatic carbocycles. The van der Waals surface area contributed by atoms with Crippen molar-refractivity contribution in [1.82, 2.24) is 0 Å². The van der Waals surface area contributed by atoms with E-state index in [-0.39, 0.29) is 16.9 Å². The van der Waals surface area contributed by atoms with Gasteiger partial charge in [-0.2, -0.15) is 0 Å². The molecule has 4 aliphatic carbocycles. The van der Waals surface area contributed by atoms with Gasteiger partial charge >= 0.3 is 0 Å². The topological polar surface area (TPSA) is 335 Å². The van der Waals surface area contributed by atoms with E-state index in [1.807, 2.05) is 0 Å². The third kappa shape index (κ3) is 9.18. The number of aliphatic hydroxyl groups excluding tert-OH is 12. The lowest BCUT2D eigenvalue weighted by Crippen LogP contribution is -2.68. The van der Waals surface area contributed by atoms with E-state index in [1.54, 1.807) is 0 Å². The molecule has 3 saturated carbocycles. The van der Waals surface area contributed by atoms with Crippen LogP contribution in [0.1, 0.15) is 85.5 Å². The second-order valence-electron chi connectivity index (χ2n) is 23.5. The molecule has 0 radical (unpaired) electrons. The lowest BCUT2D eigenvalue weighted by atomic mass is 9.47. The van der Waals surface area contributed by atoms with Crippen LogP contribution in [0, 0.1) is 46.3 Å². The molecular formula is C50H80O22.